The average Bonchev–Trinajstić information content (AvgIpc) is 3.16. The summed E-state index contributed by atoms with van der Waals surface area (Å²) in [7, 11) is 0. The van der Waals surface area contributed by atoms with Crippen LogP contribution in [0, 0.1) is 5.92 Å². The largest absolute Gasteiger partial charge is 0.480 e. The molecule has 7 heteroatoms. The quantitative estimate of drug-likeness (QED) is 0.521. The van der Waals surface area contributed by atoms with Gasteiger partial charge in [-0.2, -0.15) is 12.6 Å². The number of hydrogen-bond donors (Lipinski definition) is 2. The van der Waals surface area contributed by atoms with Gasteiger partial charge in [-0.25, -0.2) is 4.79 Å². The Morgan fingerprint density at radius 3 is 2.28 bits per heavy atom. The number of carboxylic acid groups (broad SMARTS) is 1. The minimum Gasteiger partial charge on any atom is -0.480 e. The van der Waals surface area contributed by atoms with Crippen molar-refractivity contribution in [1.82, 2.24) is 4.90 Å². The molecule has 152 valence electrons. The second-order valence-electron chi connectivity index (χ2n) is 7.04. The molecule has 1 aliphatic rings. The topological polar surface area (TPSA) is 74.7 Å². The summed E-state index contributed by atoms with van der Waals surface area (Å²) in [6.45, 7) is 1.64. The first-order valence-electron chi connectivity index (χ1n) is 9.38. The molecule has 3 rings (SSSR count). The van der Waals surface area contributed by atoms with Crippen molar-refractivity contribution in [3.63, 3.8) is 0 Å². The first-order valence-corrected chi connectivity index (χ1v) is 10.9. The van der Waals surface area contributed by atoms with E-state index in [0.29, 0.717) is 17.7 Å². The smallest absolute Gasteiger partial charge is 0.327 e. The number of carbonyl (C=O) groups is 3. The fourth-order valence-electron chi connectivity index (χ4n) is 3.39. The van der Waals surface area contributed by atoms with Crippen molar-refractivity contribution in [3.05, 3.63) is 71.8 Å². The number of ketones is 1. The van der Waals surface area contributed by atoms with Crippen molar-refractivity contribution in [2.75, 3.05) is 5.75 Å². The Morgan fingerprint density at radius 1 is 1.10 bits per heavy atom. The highest BCUT2D eigenvalue weighted by atomic mass is 32.2. The SMILES string of the molecule is CC(C(=O)N1C(Cc2ccccc2)SC[C@H]1C(=O)O)C(S)C(=O)c1ccccc1. The van der Waals surface area contributed by atoms with Crippen LogP contribution in [0.3, 0.4) is 0 Å². The Labute approximate surface area is 179 Å². The Hall–Kier alpha value is -2.25. The lowest BCUT2D eigenvalue weighted by atomic mass is 9.97. The fraction of sp³-hybridized carbons (Fsp3) is 0.318. The maximum atomic E-state index is 13.3. The van der Waals surface area contributed by atoms with Gasteiger partial charge in [0.2, 0.25) is 5.91 Å². The molecular formula is C22H23NO4S2. The van der Waals surface area contributed by atoms with Crippen LogP contribution in [-0.2, 0) is 16.0 Å². The second-order valence-corrected chi connectivity index (χ2v) is 8.81. The third-order valence-corrected chi connectivity index (χ3v) is 7.04. The van der Waals surface area contributed by atoms with Crippen molar-refractivity contribution >= 4 is 42.1 Å². The predicted octanol–water partition coefficient (Wildman–Crippen LogP) is 3.40. The van der Waals surface area contributed by atoms with Gasteiger partial charge in [0.15, 0.2) is 5.78 Å². The van der Waals surface area contributed by atoms with Crippen LogP contribution in [0.2, 0.25) is 0 Å². The number of amides is 1. The zero-order valence-corrected chi connectivity index (χ0v) is 17.7. The molecule has 1 saturated heterocycles. The summed E-state index contributed by atoms with van der Waals surface area (Å²) in [5, 5.41) is 8.49. The zero-order chi connectivity index (χ0) is 21.0. The molecule has 2 aromatic carbocycles. The lowest BCUT2D eigenvalue weighted by Gasteiger charge is -2.31. The van der Waals surface area contributed by atoms with E-state index >= 15 is 0 Å². The first kappa shape index (κ1) is 21.5. The summed E-state index contributed by atoms with van der Waals surface area (Å²) in [5.41, 5.74) is 1.52. The summed E-state index contributed by atoms with van der Waals surface area (Å²) in [6.07, 6.45) is 0.553. The van der Waals surface area contributed by atoms with Gasteiger partial charge in [0.25, 0.3) is 0 Å². The monoisotopic (exact) mass is 429 g/mol. The normalized spacial score (nSPS) is 20.8. The summed E-state index contributed by atoms with van der Waals surface area (Å²) >= 11 is 5.88. The van der Waals surface area contributed by atoms with Crippen molar-refractivity contribution < 1.29 is 19.5 Å². The number of carbonyl (C=O) groups excluding carboxylic acids is 2. The molecule has 1 N–H and O–H groups in total. The zero-order valence-electron chi connectivity index (χ0n) is 16.0. The number of aliphatic carboxylic acids is 1. The lowest BCUT2D eigenvalue weighted by molar-refractivity contribution is -0.150. The standard InChI is InChI=1S/C22H23NO4S2/c1-14(20(28)19(24)16-10-6-3-7-11-16)21(25)23-17(22(26)27)13-29-18(23)12-15-8-4-2-5-9-15/h2-11,14,17-18,20,28H,12-13H2,1H3,(H,26,27)/t14?,17-,18?,20?/m0/s1. The summed E-state index contributed by atoms with van der Waals surface area (Å²) in [6, 6.07) is 17.5. The number of thioether (sulfide) groups is 1. The van der Waals surface area contributed by atoms with Gasteiger partial charge in [0, 0.05) is 17.7 Å². The molecule has 29 heavy (non-hydrogen) atoms. The molecular weight excluding hydrogens is 406 g/mol. The highest BCUT2D eigenvalue weighted by molar-refractivity contribution is 8.00. The highest BCUT2D eigenvalue weighted by Gasteiger charge is 2.44. The molecule has 4 atom stereocenters. The van der Waals surface area contributed by atoms with Gasteiger partial charge in [-0.05, 0) is 5.56 Å². The van der Waals surface area contributed by atoms with E-state index in [4.69, 9.17) is 0 Å². The molecule has 1 fully saturated rings. The van der Waals surface area contributed by atoms with Gasteiger partial charge in [0.1, 0.15) is 6.04 Å². The van der Waals surface area contributed by atoms with E-state index < -0.39 is 23.2 Å². The van der Waals surface area contributed by atoms with Gasteiger partial charge in [-0.1, -0.05) is 67.6 Å². The summed E-state index contributed by atoms with van der Waals surface area (Å²) < 4.78 is 0. The summed E-state index contributed by atoms with van der Waals surface area (Å²) in [4.78, 5) is 39.2. The van der Waals surface area contributed by atoms with E-state index in [9.17, 15) is 19.5 Å². The van der Waals surface area contributed by atoms with E-state index in [1.165, 1.54) is 16.7 Å². The minimum absolute atomic E-state index is 0.242. The number of rotatable bonds is 7. The van der Waals surface area contributed by atoms with Crippen molar-refractivity contribution in [3.8, 4) is 0 Å². The van der Waals surface area contributed by atoms with Gasteiger partial charge in [0.05, 0.1) is 16.5 Å². The fourth-order valence-corrected chi connectivity index (χ4v) is 5.10. The van der Waals surface area contributed by atoms with Crippen LogP contribution in [0.15, 0.2) is 60.7 Å². The van der Waals surface area contributed by atoms with Crippen molar-refractivity contribution in [2.24, 2.45) is 5.92 Å². The molecule has 1 heterocycles. The lowest BCUT2D eigenvalue weighted by Crippen LogP contribution is -2.50. The Kier molecular flexibility index (Phi) is 7.03. The molecule has 5 nitrogen and oxygen atoms in total. The Morgan fingerprint density at radius 2 is 1.69 bits per heavy atom. The maximum Gasteiger partial charge on any atom is 0.327 e. The molecule has 0 radical (unpaired) electrons. The van der Waals surface area contributed by atoms with Gasteiger partial charge >= 0.3 is 5.97 Å². The van der Waals surface area contributed by atoms with Gasteiger partial charge < -0.3 is 10.0 Å². The number of Topliss-reactive ketones (excluding diaryl/α,β-unsaturated/α-hetero) is 1. The van der Waals surface area contributed by atoms with Gasteiger partial charge in [-0.3, -0.25) is 9.59 Å². The van der Waals surface area contributed by atoms with Crippen LogP contribution in [0.1, 0.15) is 22.8 Å². The maximum absolute atomic E-state index is 13.3. The molecule has 0 bridgehead atoms. The van der Waals surface area contributed by atoms with E-state index in [2.05, 4.69) is 12.6 Å². The number of carboxylic acids is 1. The third-order valence-electron chi connectivity index (χ3n) is 5.08. The Balaban J connectivity index is 1.80. The molecule has 0 spiro atoms. The van der Waals surface area contributed by atoms with E-state index in [0.717, 1.165) is 5.56 Å². The molecule has 0 aliphatic carbocycles. The van der Waals surface area contributed by atoms with E-state index in [1.807, 2.05) is 36.4 Å². The molecule has 1 aliphatic heterocycles. The van der Waals surface area contributed by atoms with Gasteiger partial charge in [-0.15, -0.1) is 11.8 Å². The van der Waals surface area contributed by atoms with Crippen molar-refractivity contribution in [2.45, 2.75) is 30.0 Å². The van der Waals surface area contributed by atoms with Crippen LogP contribution in [0.4, 0.5) is 0 Å². The molecule has 2 aromatic rings. The number of benzene rings is 2. The van der Waals surface area contributed by atoms with E-state index in [1.54, 1.807) is 31.2 Å². The third kappa shape index (κ3) is 4.85. The number of thiol groups is 1. The molecule has 0 saturated carbocycles. The summed E-state index contributed by atoms with van der Waals surface area (Å²) in [5.74, 6) is -2.04. The highest BCUT2D eigenvalue weighted by Crippen LogP contribution is 2.34. The molecule has 1 amide bonds. The first-order chi connectivity index (χ1) is 13.9. The van der Waals surface area contributed by atoms with Crippen molar-refractivity contribution in [1.29, 1.82) is 0 Å². The van der Waals surface area contributed by atoms with Crippen LogP contribution in [-0.4, -0.2) is 50.1 Å². The minimum atomic E-state index is -1.03. The number of nitrogens with zero attached hydrogens (tertiary/aromatic N) is 1. The molecule has 0 aromatic heterocycles. The van der Waals surface area contributed by atoms with Crippen LogP contribution >= 0.6 is 24.4 Å². The van der Waals surface area contributed by atoms with E-state index in [-0.39, 0.29) is 17.1 Å². The van der Waals surface area contributed by atoms with Crippen LogP contribution in [0.5, 0.6) is 0 Å². The molecule has 3 unspecified atom stereocenters. The van der Waals surface area contributed by atoms with Crippen LogP contribution in [0.25, 0.3) is 0 Å². The predicted molar refractivity (Wildman–Crippen MR) is 117 cm³/mol. The number of hydrogen-bond acceptors (Lipinski definition) is 5. The second kappa shape index (κ2) is 9.50. The Bertz CT molecular complexity index is 875. The van der Waals surface area contributed by atoms with Crippen LogP contribution < -0.4 is 0 Å². The average molecular weight is 430 g/mol.